The number of rotatable bonds is 7. The van der Waals surface area contributed by atoms with Crippen LogP contribution >= 0.6 is 11.8 Å². The van der Waals surface area contributed by atoms with Gasteiger partial charge in [-0.2, -0.15) is 0 Å². The van der Waals surface area contributed by atoms with Gasteiger partial charge in [0.25, 0.3) is 0 Å². The Hall–Kier alpha value is -3.12. The molecule has 0 N–H and O–H groups in total. The zero-order valence-corrected chi connectivity index (χ0v) is 17.1. The third kappa shape index (κ3) is 4.32. The van der Waals surface area contributed by atoms with Gasteiger partial charge in [-0.3, -0.25) is 9.36 Å². The Bertz CT molecular complexity index is 1090. The van der Waals surface area contributed by atoms with Gasteiger partial charge in [-0.15, -0.1) is 10.2 Å². The minimum Gasteiger partial charge on any atom is -0.461 e. The molecule has 0 aliphatic carbocycles. The van der Waals surface area contributed by atoms with Crippen molar-refractivity contribution in [3.8, 4) is 11.6 Å². The van der Waals surface area contributed by atoms with Crippen molar-refractivity contribution in [3.63, 3.8) is 0 Å². The molecule has 4 aromatic rings. The van der Waals surface area contributed by atoms with Crippen LogP contribution in [0.3, 0.4) is 0 Å². The van der Waals surface area contributed by atoms with Gasteiger partial charge in [0, 0.05) is 5.56 Å². The van der Waals surface area contributed by atoms with Gasteiger partial charge < -0.3 is 4.42 Å². The first-order valence-corrected chi connectivity index (χ1v) is 10.3. The summed E-state index contributed by atoms with van der Waals surface area (Å²) < 4.78 is 7.54. The average molecular weight is 404 g/mol. The van der Waals surface area contributed by atoms with Crippen LogP contribution in [0.2, 0.25) is 0 Å². The van der Waals surface area contributed by atoms with Crippen molar-refractivity contribution in [1.82, 2.24) is 14.8 Å². The van der Waals surface area contributed by atoms with E-state index in [1.165, 1.54) is 11.8 Å². The van der Waals surface area contributed by atoms with Crippen molar-refractivity contribution >= 4 is 17.5 Å². The van der Waals surface area contributed by atoms with Gasteiger partial charge in [0.1, 0.15) is 0 Å². The smallest absolute Gasteiger partial charge is 0.200 e. The standard InChI is InChI=1S/C23H21N3O2S/c1-16-10-12-19(13-11-16)21(27)17(2)29-23-25-24-22(20-9-6-14-28-20)26(23)15-18-7-4-3-5-8-18/h3-14,17H,15H2,1-2H3/t17-/m0/s1. The summed E-state index contributed by atoms with van der Waals surface area (Å²) in [6, 6.07) is 21.5. The van der Waals surface area contributed by atoms with E-state index in [0.717, 1.165) is 11.1 Å². The Morgan fingerprint density at radius 1 is 1.03 bits per heavy atom. The highest BCUT2D eigenvalue weighted by atomic mass is 32.2. The van der Waals surface area contributed by atoms with Crippen LogP contribution in [0, 0.1) is 6.92 Å². The van der Waals surface area contributed by atoms with Crippen LogP contribution in [-0.2, 0) is 6.54 Å². The summed E-state index contributed by atoms with van der Waals surface area (Å²) >= 11 is 1.41. The second kappa shape index (κ2) is 8.49. The molecule has 29 heavy (non-hydrogen) atoms. The first-order chi connectivity index (χ1) is 14.1. The summed E-state index contributed by atoms with van der Waals surface area (Å²) in [5.41, 5.74) is 2.96. The minimum atomic E-state index is -0.291. The van der Waals surface area contributed by atoms with Crippen molar-refractivity contribution in [2.24, 2.45) is 0 Å². The van der Waals surface area contributed by atoms with Crippen LogP contribution in [-0.4, -0.2) is 25.8 Å². The number of nitrogens with zero attached hydrogens (tertiary/aromatic N) is 3. The zero-order chi connectivity index (χ0) is 20.2. The minimum absolute atomic E-state index is 0.0730. The van der Waals surface area contributed by atoms with E-state index in [9.17, 15) is 4.79 Å². The Kier molecular flexibility index (Phi) is 5.62. The molecule has 0 amide bonds. The molecule has 146 valence electrons. The molecule has 0 aliphatic rings. The largest absolute Gasteiger partial charge is 0.461 e. The predicted molar refractivity (Wildman–Crippen MR) is 114 cm³/mol. The summed E-state index contributed by atoms with van der Waals surface area (Å²) in [6.07, 6.45) is 1.62. The topological polar surface area (TPSA) is 60.9 Å². The first-order valence-electron chi connectivity index (χ1n) is 9.40. The lowest BCUT2D eigenvalue weighted by atomic mass is 10.1. The molecule has 0 saturated carbocycles. The number of carbonyl (C=O) groups is 1. The Morgan fingerprint density at radius 3 is 2.48 bits per heavy atom. The number of aromatic nitrogens is 3. The van der Waals surface area contributed by atoms with Crippen LogP contribution in [0.4, 0.5) is 0 Å². The number of carbonyl (C=O) groups excluding carboxylic acids is 1. The SMILES string of the molecule is Cc1ccc(C(=O)[C@H](C)Sc2nnc(-c3ccco3)n2Cc2ccccc2)cc1. The summed E-state index contributed by atoms with van der Waals surface area (Å²) in [4.78, 5) is 12.9. The number of benzene rings is 2. The monoisotopic (exact) mass is 403 g/mol. The van der Waals surface area contributed by atoms with Crippen molar-refractivity contribution in [2.75, 3.05) is 0 Å². The molecule has 0 aliphatic heterocycles. The molecule has 0 saturated heterocycles. The molecule has 6 heteroatoms. The molecule has 2 aromatic carbocycles. The van der Waals surface area contributed by atoms with Gasteiger partial charge in [0.15, 0.2) is 16.7 Å². The maximum atomic E-state index is 12.9. The third-order valence-electron chi connectivity index (χ3n) is 4.63. The van der Waals surface area contributed by atoms with E-state index < -0.39 is 0 Å². The van der Waals surface area contributed by atoms with E-state index in [2.05, 4.69) is 22.3 Å². The lowest BCUT2D eigenvalue weighted by Crippen LogP contribution is -2.15. The molecule has 0 bridgehead atoms. The fourth-order valence-corrected chi connectivity index (χ4v) is 3.96. The van der Waals surface area contributed by atoms with Gasteiger partial charge in [0.05, 0.1) is 18.1 Å². The Balaban J connectivity index is 1.62. The third-order valence-corrected chi connectivity index (χ3v) is 5.71. The van der Waals surface area contributed by atoms with Crippen molar-refractivity contribution in [3.05, 3.63) is 89.7 Å². The van der Waals surface area contributed by atoms with Crippen molar-refractivity contribution in [1.29, 1.82) is 0 Å². The fraction of sp³-hybridized carbons (Fsp3) is 0.174. The van der Waals surface area contributed by atoms with Gasteiger partial charge in [-0.1, -0.05) is 71.9 Å². The average Bonchev–Trinajstić information content (AvgIpc) is 3.39. The highest BCUT2D eigenvalue weighted by Crippen LogP contribution is 2.29. The molecule has 0 unspecified atom stereocenters. The molecule has 2 aromatic heterocycles. The summed E-state index contributed by atoms with van der Waals surface area (Å²) in [5.74, 6) is 1.37. The molecule has 0 fully saturated rings. The molecule has 0 spiro atoms. The Morgan fingerprint density at radius 2 is 1.79 bits per heavy atom. The molecule has 5 nitrogen and oxygen atoms in total. The quantitative estimate of drug-likeness (QED) is 0.311. The number of hydrogen-bond acceptors (Lipinski definition) is 5. The van der Waals surface area contributed by atoms with E-state index in [0.29, 0.717) is 28.8 Å². The number of furan rings is 1. The maximum Gasteiger partial charge on any atom is 0.200 e. The predicted octanol–water partition coefficient (Wildman–Crippen LogP) is 5.26. The van der Waals surface area contributed by atoms with Crippen LogP contribution < -0.4 is 0 Å². The molecular formula is C23H21N3O2S. The zero-order valence-electron chi connectivity index (χ0n) is 16.3. The van der Waals surface area contributed by atoms with Crippen LogP contribution in [0.25, 0.3) is 11.6 Å². The van der Waals surface area contributed by atoms with Gasteiger partial charge in [-0.05, 0) is 31.5 Å². The van der Waals surface area contributed by atoms with E-state index in [1.807, 2.05) is 73.0 Å². The van der Waals surface area contributed by atoms with E-state index in [4.69, 9.17) is 4.42 Å². The number of thioether (sulfide) groups is 1. The second-order valence-corrected chi connectivity index (χ2v) is 8.15. The normalized spacial score (nSPS) is 12.1. The molecule has 1 atom stereocenters. The number of Topliss-reactive ketones (excluding diaryl/α,β-unsaturated/α-hetero) is 1. The fourth-order valence-electron chi connectivity index (χ4n) is 3.04. The lowest BCUT2D eigenvalue weighted by molar-refractivity contribution is 0.0994. The van der Waals surface area contributed by atoms with Crippen molar-refractivity contribution < 1.29 is 9.21 Å². The first kappa shape index (κ1) is 19.2. The van der Waals surface area contributed by atoms with Crippen LogP contribution in [0.5, 0.6) is 0 Å². The van der Waals surface area contributed by atoms with E-state index >= 15 is 0 Å². The second-order valence-electron chi connectivity index (χ2n) is 6.85. The summed E-state index contributed by atoms with van der Waals surface area (Å²) in [7, 11) is 0. The van der Waals surface area contributed by atoms with Crippen molar-refractivity contribution in [2.45, 2.75) is 30.8 Å². The molecule has 2 heterocycles. The van der Waals surface area contributed by atoms with Gasteiger partial charge >= 0.3 is 0 Å². The van der Waals surface area contributed by atoms with Crippen LogP contribution in [0.1, 0.15) is 28.4 Å². The number of aryl methyl sites for hydroxylation is 1. The van der Waals surface area contributed by atoms with Gasteiger partial charge in [-0.25, -0.2) is 0 Å². The molecular weight excluding hydrogens is 382 g/mol. The molecule has 4 rings (SSSR count). The molecule has 0 radical (unpaired) electrons. The summed E-state index contributed by atoms with van der Waals surface area (Å²) in [6.45, 7) is 4.51. The highest BCUT2D eigenvalue weighted by Gasteiger charge is 2.22. The number of hydrogen-bond donors (Lipinski definition) is 0. The van der Waals surface area contributed by atoms with E-state index in [1.54, 1.807) is 6.26 Å². The number of ketones is 1. The lowest BCUT2D eigenvalue weighted by Gasteiger charge is -2.13. The maximum absolute atomic E-state index is 12.9. The highest BCUT2D eigenvalue weighted by molar-refractivity contribution is 8.00. The van der Waals surface area contributed by atoms with E-state index in [-0.39, 0.29) is 11.0 Å². The summed E-state index contributed by atoms with van der Waals surface area (Å²) in [5, 5.41) is 9.10. The Labute approximate surface area is 173 Å². The van der Waals surface area contributed by atoms with Crippen LogP contribution in [0.15, 0.2) is 82.6 Å². The van der Waals surface area contributed by atoms with Gasteiger partial charge in [0.2, 0.25) is 5.82 Å².